The van der Waals surface area contributed by atoms with Gasteiger partial charge in [0.1, 0.15) is 0 Å². The fourth-order valence-corrected chi connectivity index (χ4v) is 2.72. The molecular formula is C18H20N2O3. The predicted octanol–water partition coefficient (Wildman–Crippen LogP) is 2.71. The second-order valence-corrected chi connectivity index (χ2v) is 5.50. The van der Waals surface area contributed by atoms with Gasteiger partial charge in [-0.25, -0.2) is 0 Å². The van der Waals surface area contributed by atoms with E-state index in [1.807, 2.05) is 30.3 Å². The topological polar surface area (TPSA) is 50.8 Å². The Morgan fingerprint density at radius 1 is 1.22 bits per heavy atom. The smallest absolute Gasteiger partial charge is 0.262 e. The molecule has 0 spiro atoms. The second-order valence-electron chi connectivity index (χ2n) is 5.50. The van der Waals surface area contributed by atoms with E-state index in [0.717, 1.165) is 18.7 Å². The predicted molar refractivity (Wildman–Crippen MR) is 90.5 cm³/mol. The number of carbonyl (C=O) groups is 1. The molecule has 120 valence electrons. The number of methoxy groups -OCH3 is 1. The molecule has 2 aromatic rings. The third-order valence-electron chi connectivity index (χ3n) is 3.92. The third kappa shape index (κ3) is 3.39. The molecule has 0 bridgehead atoms. The molecule has 5 heteroatoms. The zero-order chi connectivity index (χ0) is 16.2. The van der Waals surface area contributed by atoms with E-state index in [0.29, 0.717) is 11.5 Å². The number of nitrogens with one attached hydrogen (secondary N) is 1. The molecule has 1 N–H and O–H groups in total. The normalized spacial score (nSPS) is 12.7. The van der Waals surface area contributed by atoms with Crippen molar-refractivity contribution in [2.75, 3.05) is 37.5 Å². The molecule has 23 heavy (non-hydrogen) atoms. The molecule has 0 aromatic heterocycles. The molecule has 1 aliphatic rings. The van der Waals surface area contributed by atoms with E-state index in [4.69, 9.17) is 9.47 Å². The number of benzene rings is 2. The van der Waals surface area contributed by atoms with Gasteiger partial charge in [-0.2, -0.15) is 0 Å². The number of nitrogens with zero attached hydrogens (tertiary/aromatic N) is 1. The Labute approximate surface area is 135 Å². The monoisotopic (exact) mass is 312 g/mol. The van der Waals surface area contributed by atoms with Crippen molar-refractivity contribution < 1.29 is 14.3 Å². The Morgan fingerprint density at radius 2 is 2.00 bits per heavy atom. The molecule has 0 saturated carbocycles. The number of ether oxygens (including phenoxy) is 2. The molecule has 5 nitrogen and oxygen atoms in total. The van der Waals surface area contributed by atoms with Crippen LogP contribution in [0.5, 0.6) is 11.5 Å². The summed E-state index contributed by atoms with van der Waals surface area (Å²) in [5.74, 6) is 0.976. The lowest BCUT2D eigenvalue weighted by molar-refractivity contribution is -0.118. The lowest BCUT2D eigenvalue weighted by atomic mass is 10.1. The third-order valence-corrected chi connectivity index (χ3v) is 3.92. The number of fused-ring (bicyclic) bond motifs is 1. The van der Waals surface area contributed by atoms with Crippen LogP contribution in [0.1, 0.15) is 5.56 Å². The SMILES string of the molecule is COc1ccccc1OCC(=O)Nc1ccc2c(c1)CCN2C. The molecule has 0 unspecified atom stereocenters. The number of hydrogen-bond donors (Lipinski definition) is 1. The Balaban J connectivity index is 1.60. The molecule has 0 aliphatic carbocycles. The highest BCUT2D eigenvalue weighted by molar-refractivity contribution is 5.92. The Hall–Kier alpha value is -2.69. The van der Waals surface area contributed by atoms with Gasteiger partial charge in [-0.3, -0.25) is 4.79 Å². The van der Waals surface area contributed by atoms with Crippen molar-refractivity contribution in [3.63, 3.8) is 0 Å². The first-order valence-electron chi connectivity index (χ1n) is 7.57. The van der Waals surface area contributed by atoms with E-state index >= 15 is 0 Å². The van der Waals surface area contributed by atoms with Crippen LogP contribution in [0.25, 0.3) is 0 Å². The van der Waals surface area contributed by atoms with Crippen molar-refractivity contribution in [1.82, 2.24) is 0 Å². The molecule has 0 saturated heterocycles. The van der Waals surface area contributed by atoms with Crippen molar-refractivity contribution in [3.05, 3.63) is 48.0 Å². The maximum atomic E-state index is 12.1. The Morgan fingerprint density at radius 3 is 2.78 bits per heavy atom. The van der Waals surface area contributed by atoms with Crippen LogP contribution in [0.3, 0.4) is 0 Å². The van der Waals surface area contributed by atoms with Crippen LogP contribution < -0.4 is 19.7 Å². The van der Waals surface area contributed by atoms with Gasteiger partial charge in [-0.15, -0.1) is 0 Å². The van der Waals surface area contributed by atoms with Crippen molar-refractivity contribution in [1.29, 1.82) is 0 Å². The van der Waals surface area contributed by atoms with E-state index in [1.165, 1.54) is 11.3 Å². The number of rotatable bonds is 5. The van der Waals surface area contributed by atoms with Crippen molar-refractivity contribution in [3.8, 4) is 11.5 Å². The standard InChI is InChI=1S/C18H20N2O3/c1-20-10-9-13-11-14(7-8-15(13)20)19-18(21)12-23-17-6-4-3-5-16(17)22-2/h3-8,11H,9-10,12H2,1-2H3,(H,19,21). The van der Waals surface area contributed by atoms with Crippen LogP contribution >= 0.6 is 0 Å². The Kier molecular flexibility index (Phi) is 4.37. The van der Waals surface area contributed by atoms with Gasteiger partial charge in [0.25, 0.3) is 5.91 Å². The van der Waals surface area contributed by atoms with Gasteiger partial charge in [0.05, 0.1) is 7.11 Å². The van der Waals surface area contributed by atoms with Gasteiger partial charge in [-0.1, -0.05) is 12.1 Å². The molecule has 1 amide bonds. The van der Waals surface area contributed by atoms with Crippen LogP contribution in [0.2, 0.25) is 0 Å². The van der Waals surface area contributed by atoms with Crippen molar-refractivity contribution >= 4 is 17.3 Å². The lowest BCUT2D eigenvalue weighted by Crippen LogP contribution is -2.20. The van der Waals surface area contributed by atoms with Crippen LogP contribution in [-0.4, -0.2) is 33.2 Å². The summed E-state index contributed by atoms with van der Waals surface area (Å²) in [5.41, 5.74) is 3.29. The summed E-state index contributed by atoms with van der Waals surface area (Å²) in [6.07, 6.45) is 1.01. The van der Waals surface area contributed by atoms with Crippen LogP contribution in [-0.2, 0) is 11.2 Å². The first-order valence-corrected chi connectivity index (χ1v) is 7.57. The fourth-order valence-electron chi connectivity index (χ4n) is 2.72. The van der Waals surface area contributed by atoms with Gasteiger partial charge >= 0.3 is 0 Å². The van der Waals surface area contributed by atoms with Gasteiger partial charge in [0.15, 0.2) is 18.1 Å². The minimum absolute atomic E-state index is 0.0582. The Bertz CT molecular complexity index is 715. The molecule has 0 radical (unpaired) electrons. The molecule has 1 aliphatic heterocycles. The quantitative estimate of drug-likeness (QED) is 0.922. The van der Waals surface area contributed by atoms with Gasteiger partial charge in [0, 0.05) is 25.0 Å². The van der Waals surface area contributed by atoms with E-state index in [-0.39, 0.29) is 12.5 Å². The summed E-state index contributed by atoms with van der Waals surface area (Å²) < 4.78 is 10.7. The maximum Gasteiger partial charge on any atom is 0.262 e. The maximum absolute atomic E-state index is 12.1. The molecule has 3 rings (SSSR count). The fraction of sp³-hybridized carbons (Fsp3) is 0.278. The highest BCUT2D eigenvalue weighted by atomic mass is 16.5. The summed E-state index contributed by atoms with van der Waals surface area (Å²) in [6.45, 7) is 0.959. The largest absolute Gasteiger partial charge is 0.493 e. The van der Waals surface area contributed by atoms with Gasteiger partial charge in [-0.05, 0) is 42.3 Å². The molecule has 2 aromatic carbocycles. The first-order chi connectivity index (χ1) is 11.2. The van der Waals surface area contributed by atoms with Crippen LogP contribution in [0.4, 0.5) is 11.4 Å². The van der Waals surface area contributed by atoms with E-state index in [2.05, 4.69) is 17.3 Å². The van der Waals surface area contributed by atoms with E-state index in [1.54, 1.807) is 19.2 Å². The van der Waals surface area contributed by atoms with Gasteiger partial charge in [0.2, 0.25) is 0 Å². The zero-order valence-electron chi connectivity index (χ0n) is 13.3. The average molecular weight is 312 g/mol. The number of hydrogen-bond acceptors (Lipinski definition) is 4. The molecule has 1 heterocycles. The van der Waals surface area contributed by atoms with Crippen LogP contribution in [0, 0.1) is 0 Å². The number of likely N-dealkylation sites (N-methyl/N-ethyl adjacent to an activating group) is 1. The van der Waals surface area contributed by atoms with Crippen molar-refractivity contribution in [2.45, 2.75) is 6.42 Å². The number of amides is 1. The number of para-hydroxylation sites is 2. The summed E-state index contributed by atoms with van der Waals surface area (Å²) in [7, 11) is 3.65. The van der Waals surface area contributed by atoms with Crippen molar-refractivity contribution in [2.24, 2.45) is 0 Å². The minimum Gasteiger partial charge on any atom is -0.493 e. The summed E-state index contributed by atoms with van der Waals surface area (Å²) in [6, 6.07) is 13.3. The zero-order valence-corrected chi connectivity index (χ0v) is 13.3. The van der Waals surface area contributed by atoms with Gasteiger partial charge < -0.3 is 19.7 Å². The lowest BCUT2D eigenvalue weighted by Gasteiger charge is -2.13. The number of anilines is 2. The average Bonchev–Trinajstić information content (AvgIpc) is 2.94. The summed E-state index contributed by atoms with van der Waals surface area (Å²) in [4.78, 5) is 14.3. The highest BCUT2D eigenvalue weighted by Crippen LogP contribution is 2.29. The number of carbonyl (C=O) groups excluding carboxylic acids is 1. The molecule has 0 fully saturated rings. The summed E-state index contributed by atoms with van der Waals surface area (Å²) in [5, 5.41) is 2.87. The minimum atomic E-state index is -0.192. The summed E-state index contributed by atoms with van der Waals surface area (Å²) >= 11 is 0. The van der Waals surface area contributed by atoms with E-state index < -0.39 is 0 Å². The molecule has 0 atom stereocenters. The van der Waals surface area contributed by atoms with E-state index in [9.17, 15) is 4.79 Å². The highest BCUT2D eigenvalue weighted by Gasteiger charge is 2.16. The second kappa shape index (κ2) is 6.60. The first kappa shape index (κ1) is 15.2. The van der Waals surface area contributed by atoms with Crippen LogP contribution in [0.15, 0.2) is 42.5 Å². The molecular weight excluding hydrogens is 292 g/mol.